The van der Waals surface area contributed by atoms with Crippen LogP contribution in [-0.2, 0) is 6.42 Å². The summed E-state index contributed by atoms with van der Waals surface area (Å²) in [5.74, 6) is 1.60. The minimum Gasteiger partial charge on any atom is -0.486 e. The van der Waals surface area contributed by atoms with Gasteiger partial charge in [-0.25, -0.2) is 0 Å². The molecule has 0 heterocycles. The molecular weight excluding hydrogens is 256 g/mol. The van der Waals surface area contributed by atoms with E-state index in [1.54, 1.807) is 0 Å². The van der Waals surface area contributed by atoms with E-state index in [9.17, 15) is 0 Å². The lowest BCUT2D eigenvalue weighted by Crippen LogP contribution is -2.15. The molecule has 1 nitrogen and oxygen atoms in total. The van der Waals surface area contributed by atoms with E-state index in [1.165, 1.54) is 29.5 Å². The predicted molar refractivity (Wildman–Crippen MR) is 87.9 cm³/mol. The molecular formula is C20H24O. The summed E-state index contributed by atoms with van der Waals surface area (Å²) < 4.78 is 6.32. The molecule has 0 aromatic heterocycles. The minimum atomic E-state index is 0.210. The number of benzene rings is 2. The Morgan fingerprint density at radius 2 is 2.00 bits per heavy atom. The maximum atomic E-state index is 6.32. The standard InChI is InChI=1S/C20H24O/c1-3-15(2)17-10-6-11-18(14-17)21-20-13-7-9-16-8-4-5-12-19(16)20/h4-6,8,10-12,14-15,20H,3,7,9,13H2,1-2H3. The molecule has 0 bridgehead atoms. The smallest absolute Gasteiger partial charge is 0.124 e. The summed E-state index contributed by atoms with van der Waals surface area (Å²) >= 11 is 0. The van der Waals surface area contributed by atoms with E-state index < -0.39 is 0 Å². The van der Waals surface area contributed by atoms with Gasteiger partial charge in [-0.1, -0.05) is 50.2 Å². The molecule has 3 rings (SSSR count). The Bertz CT molecular complexity index is 602. The fourth-order valence-electron chi connectivity index (χ4n) is 3.13. The van der Waals surface area contributed by atoms with Gasteiger partial charge >= 0.3 is 0 Å². The Labute approximate surface area is 128 Å². The van der Waals surface area contributed by atoms with Gasteiger partial charge in [-0.3, -0.25) is 0 Å². The molecule has 0 aliphatic heterocycles. The highest BCUT2D eigenvalue weighted by atomic mass is 16.5. The zero-order valence-electron chi connectivity index (χ0n) is 13.0. The summed E-state index contributed by atoms with van der Waals surface area (Å²) in [6, 6.07) is 17.3. The maximum absolute atomic E-state index is 6.32. The molecule has 0 amide bonds. The zero-order chi connectivity index (χ0) is 14.7. The first-order chi connectivity index (χ1) is 10.3. The second-order valence-electron chi connectivity index (χ2n) is 6.08. The Morgan fingerprint density at radius 3 is 2.86 bits per heavy atom. The lowest BCUT2D eigenvalue weighted by Gasteiger charge is -2.26. The molecule has 1 heteroatoms. The topological polar surface area (TPSA) is 9.23 Å². The number of hydrogen-bond acceptors (Lipinski definition) is 1. The Morgan fingerprint density at radius 1 is 1.14 bits per heavy atom. The number of ether oxygens (including phenoxy) is 1. The fourth-order valence-corrected chi connectivity index (χ4v) is 3.13. The van der Waals surface area contributed by atoms with Gasteiger partial charge in [0, 0.05) is 0 Å². The second kappa shape index (κ2) is 6.34. The van der Waals surface area contributed by atoms with Gasteiger partial charge in [0.1, 0.15) is 11.9 Å². The van der Waals surface area contributed by atoms with Crippen molar-refractivity contribution in [2.45, 2.75) is 51.6 Å². The van der Waals surface area contributed by atoms with Gasteiger partial charge < -0.3 is 4.74 Å². The maximum Gasteiger partial charge on any atom is 0.124 e. The van der Waals surface area contributed by atoms with Gasteiger partial charge in [-0.05, 0) is 60.4 Å². The predicted octanol–water partition coefficient (Wildman–Crippen LogP) is 5.66. The van der Waals surface area contributed by atoms with Crippen molar-refractivity contribution in [1.82, 2.24) is 0 Å². The van der Waals surface area contributed by atoms with Crippen LogP contribution >= 0.6 is 0 Å². The molecule has 2 aromatic rings. The number of hydrogen-bond donors (Lipinski definition) is 0. The second-order valence-corrected chi connectivity index (χ2v) is 6.08. The van der Waals surface area contributed by atoms with Crippen molar-refractivity contribution in [3.05, 3.63) is 65.2 Å². The van der Waals surface area contributed by atoms with Crippen LogP contribution in [-0.4, -0.2) is 0 Å². The van der Waals surface area contributed by atoms with Gasteiger partial charge in [0.2, 0.25) is 0 Å². The first kappa shape index (κ1) is 14.2. The van der Waals surface area contributed by atoms with Gasteiger partial charge in [0.05, 0.1) is 0 Å². The summed E-state index contributed by atoms with van der Waals surface area (Å²) in [5, 5.41) is 0. The van der Waals surface area contributed by atoms with E-state index in [2.05, 4.69) is 62.4 Å². The van der Waals surface area contributed by atoms with E-state index in [4.69, 9.17) is 4.74 Å². The van der Waals surface area contributed by atoms with Crippen LogP contribution in [0.2, 0.25) is 0 Å². The average Bonchev–Trinajstić information content (AvgIpc) is 2.55. The quantitative estimate of drug-likeness (QED) is 0.702. The minimum absolute atomic E-state index is 0.210. The highest BCUT2D eigenvalue weighted by Gasteiger charge is 2.21. The summed E-state index contributed by atoms with van der Waals surface area (Å²) in [5.41, 5.74) is 4.20. The summed E-state index contributed by atoms with van der Waals surface area (Å²) in [4.78, 5) is 0. The third-order valence-electron chi connectivity index (χ3n) is 4.63. The highest BCUT2D eigenvalue weighted by Crippen LogP contribution is 2.34. The highest BCUT2D eigenvalue weighted by molar-refractivity contribution is 5.34. The molecule has 0 spiro atoms. The van der Waals surface area contributed by atoms with Crippen molar-refractivity contribution in [3.8, 4) is 5.75 Å². The molecule has 110 valence electrons. The molecule has 2 atom stereocenters. The van der Waals surface area contributed by atoms with Crippen LogP contribution < -0.4 is 4.74 Å². The average molecular weight is 280 g/mol. The van der Waals surface area contributed by atoms with E-state index in [-0.39, 0.29) is 6.10 Å². The van der Waals surface area contributed by atoms with Crippen LogP contribution in [0.3, 0.4) is 0 Å². The molecule has 2 aromatic carbocycles. The molecule has 0 radical (unpaired) electrons. The van der Waals surface area contributed by atoms with Crippen molar-refractivity contribution >= 4 is 0 Å². The van der Waals surface area contributed by atoms with Crippen LogP contribution in [0.15, 0.2) is 48.5 Å². The molecule has 0 N–H and O–H groups in total. The summed E-state index contributed by atoms with van der Waals surface area (Å²) in [7, 11) is 0. The van der Waals surface area contributed by atoms with Gasteiger partial charge in [-0.2, -0.15) is 0 Å². The number of fused-ring (bicyclic) bond motifs is 1. The molecule has 0 saturated carbocycles. The Balaban J connectivity index is 1.82. The molecule has 2 unspecified atom stereocenters. The van der Waals surface area contributed by atoms with Gasteiger partial charge in [0.25, 0.3) is 0 Å². The van der Waals surface area contributed by atoms with Crippen molar-refractivity contribution in [2.75, 3.05) is 0 Å². The van der Waals surface area contributed by atoms with Crippen LogP contribution in [0.5, 0.6) is 5.75 Å². The van der Waals surface area contributed by atoms with E-state index in [1.807, 2.05) is 0 Å². The van der Waals surface area contributed by atoms with Crippen LogP contribution in [0, 0.1) is 0 Å². The third-order valence-corrected chi connectivity index (χ3v) is 4.63. The summed E-state index contributed by atoms with van der Waals surface area (Å²) in [6.45, 7) is 4.50. The molecule has 0 fully saturated rings. The van der Waals surface area contributed by atoms with E-state index >= 15 is 0 Å². The zero-order valence-corrected chi connectivity index (χ0v) is 13.0. The van der Waals surface area contributed by atoms with Gasteiger partial charge in [0.15, 0.2) is 0 Å². The molecule has 1 aliphatic carbocycles. The largest absolute Gasteiger partial charge is 0.486 e. The Kier molecular flexibility index (Phi) is 4.28. The van der Waals surface area contributed by atoms with Crippen molar-refractivity contribution in [1.29, 1.82) is 0 Å². The van der Waals surface area contributed by atoms with Crippen LogP contribution in [0.1, 0.15) is 61.8 Å². The molecule has 21 heavy (non-hydrogen) atoms. The Hall–Kier alpha value is -1.76. The van der Waals surface area contributed by atoms with Crippen molar-refractivity contribution < 1.29 is 4.74 Å². The molecule has 0 saturated heterocycles. The normalized spacial score (nSPS) is 18.9. The third kappa shape index (κ3) is 3.12. The SMILES string of the molecule is CCC(C)c1cccc(OC2CCCc3ccccc32)c1. The first-order valence-corrected chi connectivity index (χ1v) is 8.12. The van der Waals surface area contributed by atoms with E-state index in [0.29, 0.717) is 5.92 Å². The van der Waals surface area contributed by atoms with Crippen LogP contribution in [0.25, 0.3) is 0 Å². The molecule has 1 aliphatic rings. The monoisotopic (exact) mass is 280 g/mol. The first-order valence-electron chi connectivity index (χ1n) is 8.12. The van der Waals surface area contributed by atoms with Crippen molar-refractivity contribution in [3.63, 3.8) is 0 Å². The lowest BCUT2D eigenvalue weighted by atomic mass is 9.89. The summed E-state index contributed by atoms with van der Waals surface area (Å²) in [6.07, 6.45) is 4.89. The van der Waals surface area contributed by atoms with Crippen molar-refractivity contribution in [2.24, 2.45) is 0 Å². The van der Waals surface area contributed by atoms with Crippen LogP contribution in [0.4, 0.5) is 0 Å². The number of aryl methyl sites for hydroxylation is 1. The van der Waals surface area contributed by atoms with E-state index in [0.717, 1.165) is 18.6 Å². The fraction of sp³-hybridized carbons (Fsp3) is 0.400. The van der Waals surface area contributed by atoms with Gasteiger partial charge in [-0.15, -0.1) is 0 Å². The number of rotatable bonds is 4. The lowest BCUT2D eigenvalue weighted by molar-refractivity contribution is 0.183.